The molecule has 7 heteroatoms. The highest BCUT2D eigenvalue weighted by Crippen LogP contribution is 2.36. The molecule has 1 aromatic carbocycles. The van der Waals surface area contributed by atoms with Crippen molar-refractivity contribution in [2.45, 2.75) is 52.5 Å². The molecular weight excluding hydrogens is 274 g/mol. The lowest BCUT2D eigenvalue weighted by Crippen LogP contribution is -2.17. The van der Waals surface area contributed by atoms with Crippen LogP contribution in [0.1, 0.15) is 45.1 Å². The third-order valence-corrected chi connectivity index (χ3v) is 3.27. The highest BCUT2D eigenvalue weighted by atomic mass is 16.6. The van der Waals surface area contributed by atoms with Crippen molar-refractivity contribution in [1.29, 1.82) is 0 Å². The minimum absolute atomic E-state index is 0.000372. The second-order valence-corrected chi connectivity index (χ2v) is 5.23. The van der Waals surface area contributed by atoms with Gasteiger partial charge in [-0.25, -0.2) is 0 Å². The number of nitro groups is 2. The fourth-order valence-electron chi connectivity index (χ4n) is 2.20. The summed E-state index contributed by atoms with van der Waals surface area (Å²) in [5, 5.41) is 25.2. The molecule has 7 nitrogen and oxygen atoms in total. The summed E-state index contributed by atoms with van der Waals surface area (Å²) in [5.41, 5.74) is 0.00488. The summed E-state index contributed by atoms with van der Waals surface area (Å²) in [5.74, 6) is 0. The number of hydrogen-bond donors (Lipinski definition) is 1. The first-order chi connectivity index (χ1) is 9.86. The molecule has 0 aromatic heterocycles. The third-order valence-electron chi connectivity index (χ3n) is 3.27. The summed E-state index contributed by atoms with van der Waals surface area (Å²) in [6.07, 6.45) is 3.95. The van der Waals surface area contributed by atoms with E-state index in [1.54, 1.807) is 6.92 Å². The molecule has 0 aliphatic carbocycles. The molecule has 0 radical (unpaired) electrons. The van der Waals surface area contributed by atoms with Crippen molar-refractivity contribution in [1.82, 2.24) is 0 Å². The molecule has 0 bridgehead atoms. The Hall–Kier alpha value is -2.18. The quantitative estimate of drug-likeness (QED) is 0.440. The van der Waals surface area contributed by atoms with Gasteiger partial charge in [0.25, 0.3) is 11.4 Å². The van der Waals surface area contributed by atoms with Crippen LogP contribution in [-0.4, -0.2) is 15.9 Å². The fraction of sp³-hybridized carbons (Fsp3) is 0.571. The minimum atomic E-state index is -0.582. The third kappa shape index (κ3) is 4.70. The van der Waals surface area contributed by atoms with Crippen LogP contribution in [0.5, 0.6) is 0 Å². The molecule has 0 amide bonds. The second-order valence-electron chi connectivity index (χ2n) is 5.23. The van der Waals surface area contributed by atoms with Crippen molar-refractivity contribution in [2.75, 3.05) is 5.32 Å². The van der Waals surface area contributed by atoms with Gasteiger partial charge >= 0.3 is 0 Å². The average Bonchev–Trinajstić information content (AvgIpc) is 2.40. The van der Waals surface area contributed by atoms with Crippen molar-refractivity contribution in [2.24, 2.45) is 0 Å². The number of benzene rings is 1. The molecule has 0 aliphatic heterocycles. The summed E-state index contributed by atoms with van der Waals surface area (Å²) < 4.78 is 0. The molecule has 1 atom stereocenters. The smallest absolute Gasteiger partial charge is 0.299 e. The Morgan fingerprint density at radius 3 is 2.10 bits per heavy atom. The zero-order valence-electron chi connectivity index (χ0n) is 12.6. The van der Waals surface area contributed by atoms with Crippen molar-refractivity contribution in [3.63, 3.8) is 0 Å². The van der Waals surface area contributed by atoms with Crippen LogP contribution in [0.4, 0.5) is 17.1 Å². The van der Waals surface area contributed by atoms with Crippen molar-refractivity contribution in [3.05, 3.63) is 37.9 Å². The maximum absolute atomic E-state index is 11.1. The summed E-state index contributed by atoms with van der Waals surface area (Å²) >= 11 is 0. The topological polar surface area (TPSA) is 98.3 Å². The lowest BCUT2D eigenvalue weighted by atomic mass is 10.1. The van der Waals surface area contributed by atoms with Gasteiger partial charge in [0.15, 0.2) is 5.69 Å². The Kier molecular flexibility index (Phi) is 6.08. The van der Waals surface area contributed by atoms with E-state index < -0.39 is 9.85 Å². The van der Waals surface area contributed by atoms with Gasteiger partial charge in [0.05, 0.1) is 9.85 Å². The van der Waals surface area contributed by atoms with Gasteiger partial charge in [-0.3, -0.25) is 20.2 Å². The van der Waals surface area contributed by atoms with Gasteiger partial charge in [0.2, 0.25) is 0 Å². The summed E-state index contributed by atoms with van der Waals surface area (Å²) in [7, 11) is 0. The SMILES string of the molecule is CCCCCC(C)Nc1c([N+](=O)[O-])cc(C)cc1[N+](=O)[O-]. The number of anilines is 1. The first-order valence-electron chi connectivity index (χ1n) is 7.06. The monoisotopic (exact) mass is 295 g/mol. The van der Waals surface area contributed by atoms with Gasteiger partial charge < -0.3 is 5.32 Å². The molecule has 1 unspecified atom stereocenters. The van der Waals surface area contributed by atoms with Gasteiger partial charge in [0.1, 0.15) is 0 Å². The van der Waals surface area contributed by atoms with Crippen LogP contribution in [0.25, 0.3) is 0 Å². The van der Waals surface area contributed by atoms with Crippen molar-refractivity contribution in [3.8, 4) is 0 Å². The van der Waals surface area contributed by atoms with E-state index in [4.69, 9.17) is 0 Å². The number of nitrogens with zero attached hydrogens (tertiary/aromatic N) is 2. The second kappa shape index (κ2) is 7.56. The molecule has 1 rings (SSSR count). The Morgan fingerprint density at radius 1 is 1.14 bits per heavy atom. The average molecular weight is 295 g/mol. The molecule has 0 heterocycles. The summed E-state index contributed by atoms with van der Waals surface area (Å²) in [4.78, 5) is 21.1. The Bertz CT molecular complexity index is 496. The Morgan fingerprint density at radius 2 is 1.67 bits per heavy atom. The Balaban J connectivity index is 3.07. The van der Waals surface area contributed by atoms with E-state index in [-0.39, 0.29) is 23.1 Å². The number of nitro benzene ring substituents is 2. The zero-order chi connectivity index (χ0) is 16.0. The molecule has 0 saturated heterocycles. The maximum Gasteiger partial charge on any atom is 0.299 e. The molecule has 0 saturated carbocycles. The fourth-order valence-corrected chi connectivity index (χ4v) is 2.20. The van der Waals surface area contributed by atoms with E-state index in [9.17, 15) is 20.2 Å². The van der Waals surface area contributed by atoms with Crippen LogP contribution in [0.15, 0.2) is 12.1 Å². The van der Waals surface area contributed by atoms with Crippen LogP contribution in [0, 0.1) is 27.2 Å². The largest absolute Gasteiger partial charge is 0.371 e. The molecule has 21 heavy (non-hydrogen) atoms. The first-order valence-corrected chi connectivity index (χ1v) is 7.06. The van der Waals surface area contributed by atoms with E-state index in [0.717, 1.165) is 25.7 Å². The number of unbranched alkanes of at least 4 members (excludes halogenated alkanes) is 2. The summed E-state index contributed by atoms with van der Waals surface area (Å²) in [6.45, 7) is 5.57. The Labute approximate surface area is 123 Å². The summed E-state index contributed by atoms with van der Waals surface area (Å²) in [6, 6.07) is 2.65. The number of aryl methyl sites for hydroxylation is 1. The lowest BCUT2D eigenvalue weighted by molar-refractivity contribution is -0.392. The molecule has 0 fully saturated rings. The molecule has 0 spiro atoms. The van der Waals surface area contributed by atoms with Gasteiger partial charge in [-0.05, 0) is 25.8 Å². The molecule has 1 N–H and O–H groups in total. The first kappa shape index (κ1) is 16.9. The lowest BCUT2D eigenvalue weighted by Gasteiger charge is -2.15. The van der Waals surface area contributed by atoms with Crippen LogP contribution in [0.3, 0.4) is 0 Å². The van der Waals surface area contributed by atoms with Crippen LogP contribution in [-0.2, 0) is 0 Å². The number of hydrogen-bond acceptors (Lipinski definition) is 5. The number of nitrogens with one attached hydrogen (secondary N) is 1. The minimum Gasteiger partial charge on any atom is -0.371 e. The molecule has 116 valence electrons. The van der Waals surface area contributed by atoms with E-state index in [0.29, 0.717) is 5.56 Å². The van der Waals surface area contributed by atoms with Crippen LogP contribution < -0.4 is 5.32 Å². The van der Waals surface area contributed by atoms with E-state index in [1.165, 1.54) is 12.1 Å². The van der Waals surface area contributed by atoms with Crippen LogP contribution >= 0.6 is 0 Å². The predicted molar refractivity (Wildman–Crippen MR) is 81.7 cm³/mol. The molecule has 1 aromatic rings. The van der Waals surface area contributed by atoms with E-state index in [1.807, 2.05) is 6.92 Å². The van der Waals surface area contributed by atoms with Crippen molar-refractivity contribution < 1.29 is 9.85 Å². The highest BCUT2D eigenvalue weighted by Gasteiger charge is 2.26. The molecular formula is C14H21N3O4. The predicted octanol–water partition coefficient (Wildman–Crippen LogP) is 4.19. The highest BCUT2D eigenvalue weighted by molar-refractivity contribution is 5.75. The standard InChI is InChI=1S/C14H21N3O4/c1-4-5-6-7-11(3)15-14-12(16(18)19)8-10(2)9-13(14)17(20)21/h8-9,11,15H,4-7H2,1-3H3. The zero-order valence-corrected chi connectivity index (χ0v) is 12.6. The van der Waals surface area contributed by atoms with E-state index in [2.05, 4.69) is 12.2 Å². The molecule has 0 aliphatic rings. The van der Waals surface area contributed by atoms with Gasteiger partial charge in [-0.2, -0.15) is 0 Å². The van der Waals surface area contributed by atoms with Crippen LogP contribution in [0.2, 0.25) is 0 Å². The van der Waals surface area contributed by atoms with Gasteiger partial charge in [-0.1, -0.05) is 26.2 Å². The van der Waals surface area contributed by atoms with Crippen molar-refractivity contribution >= 4 is 17.1 Å². The van der Waals surface area contributed by atoms with Gasteiger partial charge in [0, 0.05) is 18.2 Å². The maximum atomic E-state index is 11.1. The van der Waals surface area contributed by atoms with E-state index >= 15 is 0 Å². The normalized spacial score (nSPS) is 12.0. The number of rotatable bonds is 8. The van der Waals surface area contributed by atoms with Gasteiger partial charge in [-0.15, -0.1) is 0 Å².